The van der Waals surface area contributed by atoms with Crippen LogP contribution in [-0.2, 0) is 9.53 Å². The summed E-state index contributed by atoms with van der Waals surface area (Å²) >= 11 is 0. The molecule has 1 saturated carbocycles. The zero-order chi connectivity index (χ0) is 15.3. The third kappa shape index (κ3) is 3.51. The van der Waals surface area contributed by atoms with E-state index in [1.807, 2.05) is 0 Å². The zero-order valence-electron chi connectivity index (χ0n) is 12.1. The van der Waals surface area contributed by atoms with E-state index in [1.54, 1.807) is 6.07 Å². The van der Waals surface area contributed by atoms with E-state index >= 15 is 0 Å². The molecular weight excluding hydrogens is 272 g/mol. The maximum Gasteiger partial charge on any atom is 0.356 e. The van der Waals surface area contributed by atoms with E-state index in [9.17, 15) is 14.7 Å². The normalized spacial score (nSPS) is 17.6. The second-order valence-electron chi connectivity index (χ2n) is 5.35. The SMILES string of the molecule is COC(=O)c1cc(NC2(C(=O)O)CCCCCC2)ccn1. The summed E-state index contributed by atoms with van der Waals surface area (Å²) in [4.78, 5) is 27.2. The topological polar surface area (TPSA) is 88.5 Å². The van der Waals surface area contributed by atoms with Gasteiger partial charge in [-0.05, 0) is 25.0 Å². The van der Waals surface area contributed by atoms with Gasteiger partial charge in [-0.3, -0.25) is 0 Å². The number of aliphatic carboxylic acids is 1. The molecule has 0 unspecified atom stereocenters. The van der Waals surface area contributed by atoms with Crippen LogP contribution in [0.1, 0.15) is 49.0 Å². The molecule has 1 aliphatic rings. The average molecular weight is 292 g/mol. The van der Waals surface area contributed by atoms with Crippen LogP contribution in [-0.4, -0.2) is 34.7 Å². The van der Waals surface area contributed by atoms with Gasteiger partial charge in [0.25, 0.3) is 0 Å². The van der Waals surface area contributed by atoms with Crippen LogP contribution in [0.4, 0.5) is 5.69 Å². The number of anilines is 1. The fraction of sp³-hybridized carbons (Fsp3) is 0.533. The van der Waals surface area contributed by atoms with Gasteiger partial charge in [-0.1, -0.05) is 25.7 Å². The smallest absolute Gasteiger partial charge is 0.356 e. The number of pyridine rings is 1. The van der Waals surface area contributed by atoms with Crippen LogP contribution in [0, 0.1) is 0 Å². The van der Waals surface area contributed by atoms with E-state index in [-0.39, 0.29) is 5.69 Å². The second-order valence-corrected chi connectivity index (χ2v) is 5.35. The summed E-state index contributed by atoms with van der Waals surface area (Å²) in [7, 11) is 1.29. The molecule has 114 valence electrons. The molecule has 0 aromatic carbocycles. The fourth-order valence-electron chi connectivity index (χ4n) is 2.73. The van der Waals surface area contributed by atoms with Crippen molar-refractivity contribution < 1.29 is 19.4 Å². The van der Waals surface area contributed by atoms with Crippen LogP contribution in [0.25, 0.3) is 0 Å². The van der Waals surface area contributed by atoms with Gasteiger partial charge >= 0.3 is 11.9 Å². The molecule has 0 amide bonds. The van der Waals surface area contributed by atoms with E-state index in [0.717, 1.165) is 25.7 Å². The molecule has 1 aromatic heterocycles. The predicted octanol–water partition coefficient (Wildman–Crippen LogP) is 2.46. The van der Waals surface area contributed by atoms with E-state index in [2.05, 4.69) is 15.0 Å². The third-order valence-corrected chi connectivity index (χ3v) is 3.90. The van der Waals surface area contributed by atoms with Crippen LogP contribution in [0.2, 0.25) is 0 Å². The Morgan fingerprint density at radius 1 is 1.29 bits per heavy atom. The van der Waals surface area contributed by atoms with Crippen LogP contribution >= 0.6 is 0 Å². The van der Waals surface area contributed by atoms with E-state index in [4.69, 9.17) is 0 Å². The number of methoxy groups -OCH3 is 1. The summed E-state index contributed by atoms with van der Waals surface area (Å²) in [6.45, 7) is 0. The van der Waals surface area contributed by atoms with Crippen LogP contribution in [0.5, 0.6) is 0 Å². The first-order chi connectivity index (χ1) is 10.1. The van der Waals surface area contributed by atoms with Crippen LogP contribution in [0.3, 0.4) is 0 Å². The number of nitrogens with zero attached hydrogens (tertiary/aromatic N) is 1. The monoisotopic (exact) mass is 292 g/mol. The summed E-state index contributed by atoms with van der Waals surface area (Å²) in [5.41, 5.74) is -0.225. The third-order valence-electron chi connectivity index (χ3n) is 3.90. The number of carbonyl (C=O) groups is 2. The number of nitrogens with one attached hydrogen (secondary N) is 1. The van der Waals surface area contributed by atoms with Gasteiger partial charge in [-0.15, -0.1) is 0 Å². The molecule has 1 fully saturated rings. The van der Waals surface area contributed by atoms with Crippen molar-refractivity contribution in [1.82, 2.24) is 4.98 Å². The van der Waals surface area contributed by atoms with Gasteiger partial charge in [0.1, 0.15) is 11.2 Å². The van der Waals surface area contributed by atoms with Gasteiger partial charge in [0.15, 0.2) is 0 Å². The van der Waals surface area contributed by atoms with Gasteiger partial charge < -0.3 is 15.2 Å². The lowest BCUT2D eigenvalue weighted by molar-refractivity contribution is -0.142. The number of carbonyl (C=O) groups excluding carboxylic acids is 1. The highest BCUT2D eigenvalue weighted by Gasteiger charge is 2.38. The average Bonchev–Trinajstić information content (AvgIpc) is 2.73. The Hall–Kier alpha value is -2.11. The largest absolute Gasteiger partial charge is 0.480 e. The minimum Gasteiger partial charge on any atom is -0.480 e. The molecule has 0 radical (unpaired) electrons. The first-order valence-corrected chi connectivity index (χ1v) is 7.13. The van der Waals surface area contributed by atoms with Crippen molar-refractivity contribution in [3.8, 4) is 0 Å². The summed E-state index contributed by atoms with van der Waals surface area (Å²) in [6, 6.07) is 3.20. The minimum atomic E-state index is -0.967. The molecule has 1 aromatic rings. The molecule has 0 spiro atoms. The van der Waals surface area contributed by atoms with Crippen LogP contribution < -0.4 is 5.32 Å². The van der Waals surface area contributed by atoms with Crippen molar-refractivity contribution >= 4 is 17.6 Å². The van der Waals surface area contributed by atoms with Gasteiger partial charge in [-0.25, -0.2) is 14.6 Å². The highest BCUT2D eigenvalue weighted by molar-refractivity contribution is 5.89. The van der Waals surface area contributed by atoms with Crippen molar-refractivity contribution in [2.75, 3.05) is 12.4 Å². The number of hydrogen-bond donors (Lipinski definition) is 2. The molecule has 6 heteroatoms. The zero-order valence-corrected chi connectivity index (χ0v) is 12.1. The molecule has 0 aliphatic heterocycles. The summed E-state index contributed by atoms with van der Waals surface area (Å²) in [5, 5.41) is 12.7. The number of carboxylic acid groups (broad SMARTS) is 1. The molecule has 2 rings (SSSR count). The number of rotatable bonds is 4. The Bertz CT molecular complexity index is 522. The van der Waals surface area contributed by atoms with E-state index in [1.165, 1.54) is 19.4 Å². The van der Waals surface area contributed by atoms with Gasteiger partial charge in [-0.2, -0.15) is 0 Å². The molecule has 2 N–H and O–H groups in total. The maximum absolute atomic E-state index is 11.7. The highest BCUT2D eigenvalue weighted by atomic mass is 16.5. The quantitative estimate of drug-likeness (QED) is 0.654. The lowest BCUT2D eigenvalue weighted by atomic mass is 9.90. The Kier molecular flexibility index (Phi) is 4.77. The minimum absolute atomic E-state index is 0.164. The van der Waals surface area contributed by atoms with Crippen molar-refractivity contribution in [1.29, 1.82) is 0 Å². The Morgan fingerprint density at radius 2 is 1.95 bits per heavy atom. The van der Waals surface area contributed by atoms with Gasteiger partial charge in [0.2, 0.25) is 0 Å². The predicted molar refractivity (Wildman–Crippen MR) is 77.3 cm³/mol. The standard InChI is InChI=1S/C15H20N2O4/c1-21-13(18)12-10-11(6-9-16-12)17-15(14(19)20)7-4-2-3-5-8-15/h6,9-10H,2-5,7-8H2,1H3,(H,16,17)(H,19,20). The first kappa shape index (κ1) is 15.3. The van der Waals surface area contributed by atoms with Crippen molar-refractivity contribution in [2.45, 2.75) is 44.1 Å². The highest BCUT2D eigenvalue weighted by Crippen LogP contribution is 2.31. The lowest BCUT2D eigenvalue weighted by Crippen LogP contribution is -2.46. The molecule has 1 aliphatic carbocycles. The Balaban J connectivity index is 2.24. The molecule has 21 heavy (non-hydrogen) atoms. The van der Waals surface area contributed by atoms with Crippen molar-refractivity contribution in [2.24, 2.45) is 0 Å². The number of ether oxygens (including phenoxy) is 1. The molecule has 0 atom stereocenters. The maximum atomic E-state index is 11.7. The number of aromatic nitrogens is 1. The number of hydrogen-bond acceptors (Lipinski definition) is 5. The van der Waals surface area contributed by atoms with E-state index < -0.39 is 17.5 Å². The van der Waals surface area contributed by atoms with Crippen LogP contribution in [0.15, 0.2) is 18.3 Å². The first-order valence-electron chi connectivity index (χ1n) is 7.13. The fourth-order valence-corrected chi connectivity index (χ4v) is 2.73. The molecule has 0 saturated heterocycles. The Labute approximate surface area is 123 Å². The summed E-state index contributed by atoms with van der Waals surface area (Å²) in [6.07, 6.45) is 6.51. The Morgan fingerprint density at radius 3 is 2.52 bits per heavy atom. The summed E-state index contributed by atoms with van der Waals surface area (Å²) in [5.74, 6) is -1.38. The van der Waals surface area contributed by atoms with Gasteiger partial charge in [0, 0.05) is 11.9 Å². The molecule has 0 bridgehead atoms. The molecule has 1 heterocycles. The van der Waals surface area contributed by atoms with Crippen molar-refractivity contribution in [3.63, 3.8) is 0 Å². The lowest BCUT2D eigenvalue weighted by Gasteiger charge is -2.30. The second kappa shape index (κ2) is 6.56. The molecule has 6 nitrogen and oxygen atoms in total. The van der Waals surface area contributed by atoms with Crippen molar-refractivity contribution in [3.05, 3.63) is 24.0 Å². The summed E-state index contributed by atoms with van der Waals surface area (Å²) < 4.78 is 4.63. The van der Waals surface area contributed by atoms with Gasteiger partial charge in [0.05, 0.1) is 7.11 Å². The molecular formula is C15H20N2O4. The number of esters is 1. The number of carboxylic acids is 1. The van der Waals surface area contributed by atoms with E-state index in [0.29, 0.717) is 18.5 Å².